The highest BCUT2D eigenvalue weighted by atomic mass is 35.5. The zero-order valence-corrected chi connectivity index (χ0v) is 18.4. The Labute approximate surface area is 193 Å². The summed E-state index contributed by atoms with van der Waals surface area (Å²) in [6, 6.07) is 15.6. The van der Waals surface area contributed by atoms with Gasteiger partial charge in [0.05, 0.1) is 13.7 Å². The highest BCUT2D eigenvalue weighted by Gasteiger charge is 2.14. The second-order valence-corrected chi connectivity index (χ2v) is 7.53. The number of nitrogens with one attached hydrogen (secondary N) is 1. The second-order valence-electron chi connectivity index (χ2n) is 6.69. The van der Waals surface area contributed by atoms with Crippen LogP contribution in [0.15, 0.2) is 65.3 Å². The largest absolute Gasteiger partial charge is 0.497 e. The number of halogens is 2. The molecule has 1 amide bonds. The molecule has 0 saturated carbocycles. The minimum Gasteiger partial charge on any atom is -0.497 e. The maximum atomic E-state index is 12.4. The predicted octanol–water partition coefficient (Wildman–Crippen LogP) is 5.07. The monoisotopic (exact) mass is 472 g/mol. The Morgan fingerprint density at radius 1 is 1.09 bits per heavy atom. The van der Waals surface area contributed by atoms with Gasteiger partial charge in [-0.05, 0) is 54.1 Å². The summed E-state index contributed by atoms with van der Waals surface area (Å²) in [6.07, 6.45) is 1.50. The molecule has 2 aromatic carbocycles. The van der Waals surface area contributed by atoms with Crippen molar-refractivity contribution in [2.24, 2.45) is 0 Å². The van der Waals surface area contributed by atoms with Crippen LogP contribution in [0.4, 0.5) is 5.95 Å². The SMILES string of the molecule is COc1ccc(OCc2ccc(C(=O)Nc3ncn(Cc4ccc(Cl)cc4Cl)n3)o2)cc1. The molecule has 4 aromatic rings. The number of carbonyl (C=O) groups excluding carboxylic acids is 1. The molecule has 0 radical (unpaired) electrons. The lowest BCUT2D eigenvalue weighted by Crippen LogP contribution is -2.12. The molecule has 0 aliphatic carbocycles. The number of methoxy groups -OCH3 is 1. The van der Waals surface area contributed by atoms with E-state index in [-0.39, 0.29) is 18.3 Å². The fourth-order valence-corrected chi connectivity index (χ4v) is 3.29. The summed E-state index contributed by atoms with van der Waals surface area (Å²) in [5, 5.41) is 7.92. The minimum atomic E-state index is -0.469. The highest BCUT2D eigenvalue weighted by Crippen LogP contribution is 2.22. The van der Waals surface area contributed by atoms with E-state index in [1.54, 1.807) is 60.3 Å². The van der Waals surface area contributed by atoms with Gasteiger partial charge >= 0.3 is 0 Å². The summed E-state index contributed by atoms with van der Waals surface area (Å²) in [6.45, 7) is 0.556. The molecule has 0 aliphatic rings. The number of aromatic nitrogens is 3. The molecule has 0 saturated heterocycles. The van der Waals surface area contributed by atoms with Crippen LogP contribution in [0.25, 0.3) is 0 Å². The summed E-state index contributed by atoms with van der Waals surface area (Å²) in [7, 11) is 1.60. The van der Waals surface area contributed by atoms with Crippen LogP contribution in [0.1, 0.15) is 21.9 Å². The van der Waals surface area contributed by atoms with Crippen molar-refractivity contribution in [1.29, 1.82) is 0 Å². The normalized spacial score (nSPS) is 10.7. The molecule has 2 aromatic heterocycles. The first-order valence-electron chi connectivity index (χ1n) is 9.50. The molecule has 2 heterocycles. The Bertz CT molecular complexity index is 1220. The van der Waals surface area contributed by atoms with Gasteiger partial charge in [-0.3, -0.25) is 10.1 Å². The predicted molar refractivity (Wildman–Crippen MR) is 120 cm³/mol. The molecule has 10 heteroatoms. The Kier molecular flexibility index (Phi) is 6.63. The van der Waals surface area contributed by atoms with Gasteiger partial charge in [0.2, 0.25) is 5.95 Å². The van der Waals surface area contributed by atoms with Crippen LogP contribution in [0, 0.1) is 0 Å². The number of carbonyl (C=O) groups is 1. The van der Waals surface area contributed by atoms with Gasteiger partial charge in [-0.15, -0.1) is 5.10 Å². The first-order chi connectivity index (χ1) is 15.5. The number of rotatable bonds is 8. The zero-order valence-electron chi connectivity index (χ0n) is 16.9. The third-order valence-electron chi connectivity index (χ3n) is 4.44. The molecule has 32 heavy (non-hydrogen) atoms. The van der Waals surface area contributed by atoms with Gasteiger partial charge in [-0.25, -0.2) is 9.67 Å². The standard InChI is InChI=1S/C22H18Cl2N4O4/c1-30-16-4-6-17(7-5-16)31-12-18-8-9-20(32-18)21(29)26-22-25-13-28(27-22)11-14-2-3-15(23)10-19(14)24/h2-10,13H,11-12H2,1H3,(H,26,27,29). The van der Waals surface area contributed by atoms with E-state index in [0.717, 1.165) is 11.3 Å². The third-order valence-corrected chi connectivity index (χ3v) is 5.02. The van der Waals surface area contributed by atoms with E-state index in [9.17, 15) is 4.79 Å². The number of ether oxygens (including phenoxy) is 2. The van der Waals surface area contributed by atoms with Crippen molar-refractivity contribution in [2.45, 2.75) is 13.2 Å². The zero-order chi connectivity index (χ0) is 22.5. The van der Waals surface area contributed by atoms with Gasteiger partial charge in [-0.2, -0.15) is 0 Å². The lowest BCUT2D eigenvalue weighted by atomic mass is 10.2. The topological polar surface area (TPSA) is 91.4 Å². The second kappa shape index (κ2) is 9.76. The fourth-order valence-electron chi connectivity index (χ4n) is 2.82. The minimum absolute atomic E-state index is 0.121. The van der Waals surface area contributed by atoms with E-state index in [1.807, 2.05) is 6.07 Å². The molecular weight excluding hydrogens is 455 g/mol. The van der Waals surface area contributed by atoms with Crippen LogP contribution in [-0.4, -0.2) is 27.8 Å². The molecule has 0 fully saturated rings. The van der Waals surface area contributed by atoms with E-state index < -0.39 is 5.91 Å². The average molecular weight is 473 g/mol. The lowest BCUT2D eigenvalue weighted by Gasteiger charge is -2.05. The molecule has 0 atom stereocenters. The molecule has 0 aliphatic heterocycles. The molecule has 164 valence electrons. The molecule has 8 nitrogen and oxygen atoms in total. The Morgan fingerprint density at radius 3 is 2.62 bits per heavy atom. The number of anilines is 1. The van der Waals surface area contributed by atoms with Crippen molar-refractivity contribution in [2.75, 3.05) is 12.4 Å². The molecule has 0 spiro atoms. The van der Waals surface area contributed by atoms with E-state index in [4.69, 9.17) is 37.1 Å². The number of furan rings is 1. The smallest absolute Gasteiger partial charge is 0.293 e. The van der Waals surface area contributed by atoms with Gasteiger partial charge in [0, 0.05) is 10.0 Å². The van der Waals surface area contributed by atoms with Crippen LogP contribution >= 0.6 is 23.2 Å². The maximum Gasteiger partial charge on any atom is 0.293 e. The van der Waals surface area contributed by atoms with Gasteiger partial charge in [0.1, 0.15) is 30.2 Å². The van der Waals surface area contributed by atoms with Crippen LogP contribution in [0.3, 0.4) is 0 Å². The molecule has 1 N–H and O–H groups in total. The lowest BCUT2D eigenvalue weighted by molar-refractivity contribution is 0.0991. The van der Waals surface area contributed by atoms with E-state index >= 15 is 0 Å². The molecule has 0 bridgehead atoms. The van der Waals surface area contributed by atoms with Crippen molar-refractivity contribution in [3.8, 4) is 11.5 Å². The summed E-state index contributed by atoms with van der Waals surface area (Å²) in [5.41, 5.74) is 0.825. The van der Waals surface area contributed by atoms with Crippen LogP contribution < -0.4 is 14.8 Å². The van der Waals surface area contributed by atoms with E-state index in [1.165, 1.54) is 6.33 Å². The van der Waals surface area contributed by atoms with Gasteiger partial charge in [0.25, 0.3) is 5.91 Å². The van der Waals surface area contributed by atoms with Gasteiger partial charge in [0.15, 0.2) is 5.76 Å². The molecule has 0 unspecified atom stereocenters. The Morgan fingerprint density at radius 2 is 1.88 bits per heavy atom. The fraction of sp³-hybridized carbons (Fsp3) is 0.136. The van der Waals surface area contributed by atoms with E-state index in [0.29, 0.717) is 28.1 Å². The van der Waals surface area contributed by atoms with Crippen molar-refractivity contribution in [3.63, 3.8) is 0 Å². The Balaban J connectivity index is 1.33. The number of hydrogen-bond donors (Lipinski definition) is 1. The van der Waals surface area contributed by atoms with Crippen molar-refractivity contribution < 1.29 is 18.7 Å². The maximum absolute atomic E-state index is 12.4. The number of hydrogen-bond acceptors (Lipinski definition) is 6. The van der Waals surface area contributed by atoms with E-state index in [2.05, 4.69) is 15.4 Å². The molecule has 4 rings (SSSR count). The number of benzene rings is 2. The third kappa shape index (κ3) is 5.40. The van der Waals surface area contributed by atoms with Crippen LogP contribution in [-0.2, 0) is 13.2 Å². The van der Waals surface area contributed by atoms with Gasteiger partial charge in [-0.1, -0.05) is 29.3 Å². The number of amides is 1. The molecular formula is C22H18Cl2N4O4. The van der Waals surface area contributed by atoms with Crippen molar-refractivity contribution in [1.82, 2.24) is 14.8 Å². The van der Waals surface area contributed by atoms with Gasteiger partial charge < -0.3 is 13.9 Å². The highest BCUT2D eigenvalue weighted by molar-refractivity contribution is 6.35. The summed E-state index contributed by atoms with van der Waals surface area (Å²) in [5.74, 6) is 1.69. The Hall–Kier alpha value is -3.49. The summed E-state index contributed by atoms with van der Waals surface area (Å²) in [4.78, 5) is 16.5. The van der Waals surface area contributed by atoms with Crippen molar-refractivity contribution >= 4 is 35.1 Å². The van der Waals surface area contributed by atoms with Crippen LogP contribution in [0.2, 0.25) is 10.0 Å². The first kappa shape index (κ1) is 21.7. The first-order valence-corrected chi connectivity index (χ1v) is 10.3. The average Bonchev–Trinajstić information content (AvgIpc) is 3.44. The quantitative estimate of drug-likeness (QED) is 0.385. The van der Waals surface area contributed by atoms with Crippen LogP contribution in [0.5, 0.6) is 11.5 Å². The number of nitrogens with zero attached hydrogens (tertiary/aromatic N) is 3. The summed E-state index contributed by atoms with van der Waals surface area (Å²) < 4.78 is 17.9. The van der Waals surface area contributed by atoms with Crippen molar-refractivity contribution in [3.05, 3.63) is 88.1 Å². The summed E-state index contributed by atoms with van der Waals surface area (Å²) >= 11 is 12.1.